The molecule has 0 radical (unpaired) electrons. The highest BCUT2D eigenvalue weighted by molar-refractivity contribution is 5.96. The number of carboxylic acids is 3. The minimum absolute atomic E-state index is 0.0557. The van der Waals surface area contributed by atoms with Crippen molar-refractivity contribution in [3.05, 3.63) is 0 Å². The average molecular weight is 533 g/mol. The van der Waals surface area contributed by atoms with Crippen LogP contribution in [-0.2, 0) is 33.6 Å². The number of aliphatic imine (C=N–C) groups is 1. The lowest BCUT2D eigenvalue weighted by Gasteiger charge is -2.24. The topological polar surface area (TPSA) is 333 Å². The van der Waals surface area contributed by atoms with Gasteiger partial charge in [-0.3, -0.25) is 33.8 Å². The van der Waals surface area contributed by atoms with Gasteiger partial charge in [0.2, 0.25) is 23.6 Å². The first kappa shape index (κ1) is 32.5. The van der Waals surface area contributed by atoms with Gasteiger partial charge in [-0.05, 0) is 19.3 Å². The van der Waals surface area contributed by atoms with E-state index in [0.717, 1.165) is 0 Å². The third kappa shape index (κ3) is 14.5. The van der Waals surface area contributed by atoms with E-state index < -0.39 is 91.4 Å². The van der Waals surface area contributed by atoms with Crippen molar-refractivity contribution in [1.29, 1.82) is 0 Å². The number of nitrogens with two attached hydrogens (primary N) is 4. The average Bonchev–Trinajstić information content (AvgIpc) is 2.76. The summed E-state index contributed by atoms with van der Waals surface area (Å²) in [6.07, 6.45) is -2.65. The molecule has 0 aromatic rings. The lowest BCUT2D eigenvalue weighted by Crippen LogP contribution is -2.57. The molecular formula is C19H32N8O10. The zero-order valence-corrected chi connectivity index (χ0v) is 19.7. The maximum absolute atomic E-state index is 12.7. The number of amides is 4. The third-order valence-corrected chi connectivity index (χ3v) is 4.61. The Bertz CT molecular complexity index is 905. The highest BCUT2D eigenvalue weighted by Crippen LogP contribution is 2.05. The number of carbonyl (C=O) groups is 7. The second-order valence-electron chi connectivity index (χ2n) is 7.78. The molecule has 4 amide bonds. The SMILES string of the molecule is NC(=O)CC(N)C(=O)NC(CCC(=O)O)C(=O)NC(CC(=O)O)C(=O)NC(CCCN=C(N)N)C(=O)O. The summed E-state index contributed by atoms with van der Waals surface area (Å²) < 4.78 is 0. The van der Waals surface area contributed by atoms with Gasteiger partial charge in [0, 0.05) is 13.0 Å². The van der Waals surface area contributed by atoms with E-state index in [1.807, 2.05) is 0 Å². The van der Waals surface area contributed by atoms with E-state index in [4.69, 9.17) is 33.1 Å². The monoisotopic (exact) mass is 532 g/mol. The Balaban J connectivity index is 5.56. The molecule has 0 saturated carbocycles. The maximum Gasteiger partial charge on any atom is 0.326 e. The van der Waals surface area contributed by atoms with E-state index in [1.165, 1.54) is 0 Å². The van der Waals surface area contributed by atoms with Crippen molar-refractivity contribution in [1.82, 2.24) is 16.0 Å². The lowest BCUT2D eigenvalue weighted by atomic mass is 10.1. The van der Waals surface area contributed by atoms with E-state index in [2.05, 4.69) is 20.9 Å². The molecule has 0 rings (SSSR count). The van der Waals surface area contributed by atoms with Gasteiger partial charge in [0.25, 0.3) is 0 Å². The summed E-state index contributed by atoms with van der Waals surface area (Å²) in [6, 6.07) is -6.34. The summed E-state index contributed by atoms with van der Waals surface area (Å²) in [5.41, 5.74) is 20.8. The summed E-state index contributed by atoms with van der Waals surface area (Å²) in [7, 11) is 0. The molecule has 0 aromatic heterocycles. The van der Waals surface area contributed by atoms with Crippen molar-refractivity contribution in [3.8, 4) is 0 Å². The van der Waals surface area contributed by atoms with E-state index in [0.29, 0.717) is 0 Å². The van der Waals surface area contributed by atoms with Crippen LogP contribution in [0.3, 0.4) is 0 Å². The number of hydrogen-bond donors (Lipinski definition) is 10. The van der Waals surface area contributed by atoms with Crippen LogP contribution in [0.2, 0.25) is 0 Å². The Kier molecular flexibility index (Phi) is 14.3. The number of rotatable bonds is 18. The van der Waals surface area contributed by atoms with Crippen LogP contribution in [0.25, 0.3) is 0 Å². The van der Waals surface area contributed by atoms with Crippen molar-refractivity contribution in [2.75, 3.05) is 6.54 Å². The van der Waals surface area contributed by atoms with Crippen LogP contribution in [0.5, 0.6) is 0 Å². The van der Waals surface area contributed by atoms with Gasteiger partial charge in [0.1, 0.15) is 18.1 Å². The summed E-state index contributed by atoms with van der Waals surface area (Å²) in [5.74, 6) is -8.81. The van der Waals surface area contributed by atoms with Crippen LogP contribution < -0.4 is 38.9 Å². The minimum Gasteiger partial charge on any atom is -0.481 e. The molecule has 208 valence electrons. The number of aliphatic carboxylic acids is 3. The van der Waals surface area contributed by atoms with Crippen molar-refractivity contribution >= 4 is 47.5 Å². The van der Waals surface area contributed by atoms with Crippen LogP contribution in [0.4, 0.5) is 0 Å². The second kappa shape index (κ2) is 16.2. The summed E-state index contributed by atoms with van der Waals surface area (Å²) in [6.45, 7) is 0.0557. The van der Waals surface area contributed by atoms with Crippen LogP contribution in [0.15, 0.2) is 4.99 Å². The number of primary amides is 1. The summed E-state index contributed by atoms with van der Waals surface area (Å²) in [4.78, 5) is 85.9. The molecular weight excluding hydrogens is 500 g/mol. The fraction of sp³-hybridized carbons (Fsp3) is 0.579. The normalized spacial score (nSPS) is 13.6. The number of nitrogens with zero attached hydrogens (tertiary/aromatic N) is 1. The van der Waals surface area contributed by atoms with Gasteiger partial charge >= 0.3 is 17.9 Å². The summed E-state index contributed by atoms with van der Waals surface area (Å²) >= 11 is 0. The zero-order chi connectivity index (χ0) is 28.7. The second-order valence-corrected chi connectivity index (χ2v) is 7.78. The fourth-order valence-electron chi connectivity index (χ4n) is 2.81. The largest absolute Gasteiger partial charge is 0.481 e. The molecule has 0 bridgehead atoms. The van der Waals surface area contributed by atoms with Crippen LogP contribution in [0, 0.1) is 0 Å². The van der Waals surface area contributed by atoms with Gasteiger partial charge in [-0.15, -0.1) is 0 Å². The highest BCUT2D eigenvalue weighted by atomic mass is 16.4. The minimum atomic E-state index is -1.80. The maximum atomic E-state index is 12.7. The molecule has 0 aliphatic carbocycles. The Morgan fingerprint density at radius 3 is 1.73 bits per heavy atom. The molecule has 0 saturated heterocycles. The van der Waals surface area contributed by atoms with Gasteiger partial charge in [-0.1, -0.05) is 0 Å². The van der Waals surface area contributed by atoms with Crippen molar-refractivity contribution in [3.63, 3.8) is 0 Å². The van der Waals surface area contributed by atoms with Crippen molar-refractivity contribution < 1.29 is 48.9 Å². The Hall–Kier alpha value is -4.48. The molecule has 18 nitrogen and oxygen atoms in total. The zero-order valence-electron chi connectivity index (χ0n) is 19.7. The van der Waals surface area contributed by atoms with E-state index in [-0.39, 0.29) is 25.3 Å². The molecule has 4 unspecified atom stereocenters. The quantitative estimate of drug-likeness (QED) is 0.0450. The standard InChI is InChI=1S/C19H32N8O10/c20-8(6-12(21)28)15(33)25-9(3-4-13(29)30)16(34)27-11(7-14(31)32)17(35)26-10(18(36)37)2-1-5-24-19(22)23/h8-11H,1-7,20H2,(H2,21,28)(H,25,33)(H,26,35)(H,27,34)(H,29,30)(H,31,32)(H,36,37)(H4,22,23,24). The first-order chi connectivity index (χ1) is 17.1. The molecule has 18 heteroatoms. The van der Waals surface area contributed by atoms with Crippen LogP contribution >= 0.6 is 0 Å². The molecule has 37 heavy (non-hydrogen) atoms. The van der Waals surface area contributed by atoms with Gasteiger partial charge in [-0.2, -0.15) is 0 Å². The van der Waals surface area contributed by atoms with Crippen molar-refractivity contribution in [2.24, 2.45) is 27.9 Å². The molecule has 0 aliphatic heterocycles. The molecule has 0 spiro atoms. The summed E-state index contributed by atoms with van der Waals surface area (Å²) in [5, 5.41) is 33.7. The first-order valence-electron chi connectivity index (χ1n) is 10.8. The van der Waals surface area contributed by atoms with Gasteiger partial charge in [0.05, 0.1) is 18.9 Å². The van der Waals surface area contributed by atoms with Crippen LogP contribution in [-0.4, -0.2) is 93.5 Å². The Morgan fingerprint density at radius 1 is 0.703 bits per heavy atom. The molecule has 4 atom stereocenters. The fourth-order valence-corrected chi connectivity index (χ4v) is 2.81. The Labute approximate surface area is 210 Å². The van der Waals surface area contributed by atoms with Gasteiger partial charge in [0.15, 0.2) is 5.96 Å². The number of carbonyl (C=O) groups excluding carboxylic acids is 4. The molecule has 0 fully saturated rings. The number of carboxylic acid groups (broad SMARTS) is 3. The number of guanidine groups is 1. The van der Waals surface area contributed by atoms with Crippen molar-refractivity contribution in [2.45, 2.75) is 62.7 Å². The lowest BCUT2D eigenvalue weighted by molar-refractivity contribution is -0.143. The number of hydrogen-bond acceptors (Lipinski definition) is 9. The van der Waals surface area contributed by atoms with Crippen LogP contribution in [0.1, 0.15) is 38.5 Å². The molecule has 0 aliphatic rings. The van der Waals surface area contributed by atoms with E-state index >= 15 is 0 Å². The molecule has 14 N–H and O–H groups in total. The number of nitrogens with one attached hydrogen (secondary N) is 3. The first-order valence-corrected chi connectivity index (χ1v) is 10.8. The van der Waals surface area contributed by atoms with E-state index in [1.54, 1.807) is 0 Å². The van der Waals surface area contributed by atoms with E-state index in [9.17, 15) is 38.7 Å². The smallest absolute Gasteiger partial charge is 0.326 e. The predicted octanol–water partition coefficient (Wildman–Crippen LogP) is -4.88. The third-order valence-electron chi connectivity index (χ3n) is 4.61. The Morgan fingerprint density at radius 2 is 1.24 bits per heavy atom. The highest BCUT2D eigenvalue weighted by Gasteiger charge is 2.32. The van der Waals surface area contributed by atoms with Gasteiger partial charge in [-0.25, -0.2) is 4.79 Å². The predicted molar refractivity (Wildman–Crippen MR) is 124 cm³/mol. The molecule has 0 heterocycles. The molecule has 0 aromatic carbocycles. The van der Waals surface area contributed by atoms with Gasteiger partial charge < -0.3 is 54.2 Å².